The highest BCUT2D eigenvalue weighted by molar-refractivity contribution is 5.53. The van der Waals surface area contributed by atoms with Crippen LogP contribution in [0.3, 0.4) is 0 Å². The summed E-state index contributed by atoms with van der Waals surface area (Å²) in [7, 11) is 0. The van der Waals surface area contributed by atoms with E-state index in [0.29, 0.717) is 0 Å². The minimum absolute atomic E-state index is 1.09. The van der Waals surface area contributed by atoms with Crippen molar-refractivity contribution >= 4 is 18.7 Å². The van der Waals surface area contributed by atoms with Crippen LogP contribution in [-0.2, 0) is 6.42 Å². The third kappa shape index (κ3) is 5.18. The molecule has 1 rings (SSSR count). The fraction of sp³-hybridized carbons (Fsp3) is 0.333. The Labute approximate surface area is 113 Å². The first-order valence-corrected chi connectivity index (χ1v) is 6.64. The molecule has 0 bridgehead atoms. The number of hydrogen-bond donors (Lipinski definition) is 0. The van der Waals surface area contributed by atoms with Gasteiger partial charge in [0.25, 0.3) is 0 Å². The van der Waals surface area contributed by atoms with Crippen molar-refractivity contribution in [3.8, 4) is 0 Å². The lowest BCUT2D eigenvalue weighted by atomic mass is 9.99. The Morgan fingerprint density at radius 2 is 1.72 bits per heavy atom. The molecule has 0 aliphatic rings. The Kier molecular flexibility index (Phi) is 12.4. The Balaban J connectivity index is 0. The molecule has 0 atom stereocenters. The predicted molar refractivity (Wildman–Crippen MR) is 88.0 cm³/mol. The topological polar surface area (TPSA) is 0 Å². The standard InChI is InChI=1S/C14H18.C2H6.C2H4/c1-5-8-14-11(4)12(6-2)9-10-13(14)7-3;2*1-2/h6-7,9-10H,3-5,8H2,1-2H3;1-2H3;1-2H2/b12-6-;;. The van der Waals surface area contributed by atoms with Gasteiger partial charge in [0, 0.05) is 0 Å². The van der Waals surface area contributed by atoms with Crippen LogP contribution in [0.5, 0.6) is 0 Å². The molecule has 0 saturated heterocycles. The van der Waals surface area contributed by atoms with Crippen LogP contribution in [0.4, 0.5) is 0 Å². The zero-order valence-corrected chi connectivity index (χ0v) is 12.6. The normalized spacial score (nSPS) is 9.67. The zero-order chi connectivity index (χ0) is 14.6. The van der Waals surface area contributed by atoms with Crippen LogP contribution in [0.1, 0.15) is 45.2 Å². The lowest BCUT2D eigenvalue weighted by Gasteiger charge is -2.05. The summed E-state index contributed by atoms with van der Waals surface area (Å²) in [5, 5.41) is 2.39. The van der Waals surface area contributed by atoms with Gasteiger partial charge in [-0.25, -0.2) is 0 Å². The maximum absolute atomic E-state index is 4.14. The zero-order valence-electron chi connectivity index (χ0n) is 12.6. The molecule has 0 radical (unpaired) electrons. The van der Waals surface area contributed by atoms with Crippen LogP contribution >= 0.6 is 0 Å². The minimum atomic E-state index is 1.09. The van der Waals surface area contributed by atoms with E-state index >= 15 is 0 Å². The summed E-state index contributed by atoms with van der Waals surface area (Å²) in [6.45, 7) is 22.2. The monoisotopic (exact) mass is 244 g/mol. The summed E-state index contributed by atoms with van der Waals surface area (Å²) in [5.74, 6) is 0. The van der Waals surface area contributed by atoms with Crippen molar-refractivity contribution in [3.63, 3.8) is 0 Å². The van der Waals surface area contributed by atoms with E-state index < -0.39 is 0 Å². The van der Waals surface area contributed by atoms with Crippen LogP contribution in [0.2, 0.25) is 0 Å². The molecule has 0 nitrogen and oxygen atoms in total. The van der Waals surface area contributed by atoms with Crippen molar-refractivity contribution in [1.29, 1.82) is 0 Å². The van der Waals surface area contributed by atoms with E-state index in [-0.39, 0.29) is 0 Å². The summed E-state index contributed by atoms with van der Waals surface area (Å²) in [5.41, 5.74) is 2.57. The Hall–Kier alpha value is -1.56. The second-order valence-corrected chi connectivity index (χ2v) is 3.44. The Bertz CT molecular complexity index is 438. The van der Waals surface area contributed by atoms with Crippen molar-refractivity contribution < 1.29 is 0 Å². The van der Waals surface area contributed by atoms with Crippen molar-refractivity contribution in [1.82, 2.24) is 0 Å². The molecule has 0 heteroatoms. The summed E-state index contributed by atoms with van der Waals surface area (Å²) >= 11 is 0. The second kappa shape index (κ2) is 11.9. The Morgan fingerprint density at radius 1 is 1.17 bits per heavy atom. The number of hydrogen-bond acceptors (Lipinski definition) is 0. The summed E-state index contributed by atoms with van der Waals surface area (Å²) in [6, 6.07) is 4.24. The molecule has 0 aromatic heterocycles. The maximum Gasteiger partial charge on any atom is -0.0221 e. The second-order valence-electron chi connectivity index (χ2n) is 3.44. The van der Waals surface area contributed by atoms with E-state index in [4.69, 9.17) is 0 Å². The SMILES string of the molecule is C=C.C=Cc1cc/c(=C/C)c(=C)c1CCC.CC. The van der Waals surface area contributed by atoms with E-state index in [1.807, 2.05) is 26.8 Å². The van der Waals surface area contributed by atoms with Crippen molar-refractivity contribution in [2.24, 2.45) is 0 Å². The smallest absolute Gasteiger partial charge is 0.0221 e. The highest BCUT2D eigenvalue weighted by atomic mass is 14.0. The summed E-state index contributed by atoms with van der Waals surface area (Å²) in [4.78, 5) is 0. The quantitative estimate of drug-likeness (QED) is 0.695. The van der Waals surface area contributed by atoms with Gasteiger partial charge in [-0.1, -0.05) is 64.6 Å². The molecule has 0 unspecified atom stereocenters. The summed E-state index contributed by atoms with van der Waals surface area (Å²) in [6.07, 6.45) is 6.26. The van der Waals surface area contributed by atoms with Gasteiger partial charge in [-0.15, -0.1) is 13.2 Å². The van der Waals surface area contributed by atoms with Gasteiger partial charge in [-0.3, -0.25) is 0 Å². The van der Waals surface area contributed by atoms with E-state index in [2.05, 4.69) is 51.4 Å². The average Bonchev–Trinajstić information content (AvgIpc) is 2.45. The molecule has 0 heterocycles. The lowest BCUT2D eigenvalue weighted by molar-refractivity contribution is 0.911. The Morgan fingerprint density at radius 3 is 2.11 bits per heavy atom. The van der Waals surface area contributed by atoms with Crippen LogP contribution < -0.4 is 10.4 Å². The van der Waals surface area contributed by atoms with Crippen LogP contribution in [-0.4, -0.2) is 0 Å². The molecule has 0 amide bonds. The third-order valence-electron chi connectivity index (χ3n) is 2.53. The van der Waals surface area contributed by atoms with Gasteiger partial charge in [0.05, 0.1) is 0 Å². The average molecular weight is 244 g/mol. The van der Waals surface area contributed by atoms with Crippen molar-refractivity contribution in [3.05, 3.63) is 53.4 Å². The van der Waals surface area contributed by atoms with Crippen LogP contribution in [0.15, 0.2) is 31.9 Å². The van der Waals surface area contributed by atoms with Gasteiger partial charge in [-0.2, -0.15) is 0 Å². The van der Waals surface area contributed by atoms with E-state index in [0.717, 1.165) is 18.1 Å². The fourth-order valence-corrected chi connectivity index (χ4v) is 1.74. The maximum atomic E-state index is 4.14. The molecule has 0 aliphatic carbocycles. The van der Waals surface area contributed by atoms with Crippen molar-refractivity contribution in [2.75, 3.05) is 0 Å². The predicted octanol–water partition coefficient (Wildman–Crippen LogP) is 4.32. The van der Waals surface area contributed by atoms with Gasteiger partial charge < -0.3 is 0 Å². The molecule has 18 heavy (non-hydrogen) atoms. The molecular formula is C18H28. The van der Waals surface area contributed by atoms with Gasteiger partial charge in [0.1, 0.15) is 0 Å². The summed E-state index contributed by atoms with van der Waals surface area (Å²) < 4.78 is 0. The molecule has 0 saturated carbocycles. The lowest BCUT2D eigenvalue weighted by Crippen LogP contribution is -2.27. The fourth-order valence-electron chi connectivity index (χ4n) is 1.74. The molecular weight excluding hydrogens is 216 g/mol. The molecule has 0 spiro atoms. The van der Waals surface area contributed by atoms with Crippen molar-refractivity contribution in [2.45, 2.75) is 40.5 Å². The van der Waals surface area contributed by atoms with Gasteiger partial charge in [-0.05, 0) is 34.9 Å². The van der Waals surface area contributed by atoms with E-state index in [1.165, 1.54) is 16.3 Å². The minimum Gasteiger partial charge on any atom is -0.106 e. The van der Waals surface area contributed by atoms with Crippen LogP contribution in [0, 0.1) is 0 Å². The first-order chi connectivity index (χ1) is 8.74. The third-order valence-corrected chi connectivity index (χ3v) is 2.53. The molecule has 1 aromatic rings. The van der Waals surface area contributed by atoms with Gasteiger partial charge in [0.15, 0.2) is 0 Å². The number of rotatable bonds is 3. The van der Waals surface area contributed by atoms with E-state index in [1.54, 1.807) is 0 Å². The molecule has 1 aromatic carbocycles. The largest absolute Gasteiger partial charge is 0.106 e. The van der Waals surface area contributed by atoms with Gasteiger partial charge in [0.2, 0.25) is 0 Å². The first-order valence-electron chi connectivity index (χ1n) is 6.64. The molecule has 0 fully saturated rings. The van der Waals surface area contributed by atoms with E-state index in [9.17, 15) is 0 Å². The number of benzene rings is 1. The van der Waals surface area contributed by atoms with Gasteiger partial charge >= 0.3 is 0 Å². The molecule has 0 N–H and O–H groups in total. The van der Waals surface area contributed by atoms with Crippen LogP contribution in [0.25, 0.3) is 18.7 Å². The highest BCUT2D eigenvalue weighted by Gasteiger charge is 1.99. The first kappa shape index (κ1) is 18.8. The highest BCUT2D eigenvalue weighted by Crippen LogP contribution is 2.05. The molecule has 0 aliphatic heterocycles. The molecule has 100 valence electrons.